The van der Waals surface area contributed by atoms with Gasteiger partial charge in [0.2, 0.25) is 0 Å². The molecule has 0 spiro atoms. The second kappa shape index (κ2) is 8.28. The topological polar surface area (TPSA) is 72.1 Å². The second-order valence-corrected chi connectivity index (χ2v) is 7.86. The zero-order valence-corrected chi connectivity index (χ0v) is 17.8. The summed E-state index contributed by atoms with van der Waals surface area (Å²) in [5.41, 5.74) is 5.73. The lowest BCUT2D eigenvalue weighted by molar-refractivity contribution is 0.661. The van der Waals surface area contributed by atoms with Crippen LogP contribution >= 0.6 is 11.6 Å². The van der Waals surface area contributed by atoms with E-state index in [9.17, 15) is 0 Å². The first-order valence-corrected chi connectivity index (χ1v) is 10.5. The molecule has 0 atom stereocenters. The fourth-order valence-corrected chi connectivity index (χ4v) is 3.94. The molecule has 7 nitrogen and oxygen atoms in total. The summed E-state index contributed by atoms with van der Waals surface area (Å²) in [7, 11) is 0. The fraction of sp³-hybridized carbons (Fsp3) is 0.174. The fourth-order valence-electron chi connectivity index (χ4n) is 3.67. The maximum atomic E-state index is 6.41. The van der Waals surface area contributed by atoms with Gasteiger partial charge in [0.05, 0.1) is 40.6 Å². The summed E-state index contributed by atoms with van der Waals surface area (Å²) in [6.07, 6.45) is 10.3. The van der Waals surface area contributed by atoms with E-state index < -0.39 is 0 Å². The molecule has 0 aliphatic rings. The average molecular weight is 432 g/mol. The molecule has 3 heterocycles. The van der Waals surface area contributed by atoms with Gasteiger partial charge in [0, 0.05) is 31.2 Å². The first-order valence-electron chi connectivity index (χ1n) is 10.2. The Morgan fingerprint density at radius 3 is 2.84 bits per heavy atom. The van der Waals surface area contributed by atoms with E-state index in [1.807, 2.05) is 60.6 Å². The third-order valence-corrected chi connectivity index (χ3v) is 5.61. The van der Waals surface area contributed by atoms with E-state index in [0.717, 1.165) is 58.8 Å². The SMILES string of the molecule is Cc1cccc(Cl)c1Nc1nc2ccc(NCCCn3ccnc3)cc2n2cncc12. The Morgan fingerprint density at radius 2 is 2.00 bits per heavy atom. The molecule has 31 heavy (non-hydrogen) atoms. The lowest BCUT2D eigenvalue weighted by atomic mass is 10.2. The van der Waals surface area contributed by atoms with Gasteiger partial charge < -0.3 is 15.2 Å². The van der Waals surface area contributed by atoms with Crippen molar-refractivity contribution < 1.29 is 0 Å². The van der Waals surface area contributed by atoms with Crippen LogP contribution in [0.15, 0.2) is 67.6 Å². The van der Waals surface area contributed by atoms with E-state index in [1.165, 1.54) is 0 Å². The third-order valence-electron chi connectivity index (χ3n) is 5.30. The lowest BCUT2D eigenvalue weighted by Gasteiger charge is -2.14. The minimum absolute atomic E-state index is 0.662. The van der Waals surface area contributed by atoms with Crippen LogP contribution in [0.5, 0.6) is 0 Å². The molecule has 3 aromatic heterocycles. The van der Waals surface area contributed by atoms with E-state index in [4.69, 9.17) is 16.6 Å². The number of benzene rings is 2. The number of aryl methyl sites for hydroxylation is 2. The monoisotopic (exact) mass is 431 g/mol. The van der Waals surface area contributed by atoms with Crippen LogP contribution in [0, 0.1) is 6.92 Å². The maximum Gasteiger partial charge on any atom is 0.157 e. The summed E-state index contributed by atoms with van der Waals surface area (Å²) in [6, 6.07) is 12.0. The predicted molar refractivity (Wildman–Crippen MR) is 125 cm³/mol. The largest absolute Gasteiger partial charge is 0.385 e. The number of nitrogens with one attached hydrogen (secondary N) is 2. The van der Waals surface area contributed by atoms with Gasteiger partial charge in [-0.3, -0.25) is 4.40 Å². The highest BCUT2D eigenvalue weighted by Gasteiger charge is 2.12. The summed E-state index contributed by atoms with van der Waals surface area (Å²) < 4.78 is 4.13. The first kappa shape index (κ1) is 19.4. The van der Waals surface area contributed by atoms with Crippen molar-refractivity contribution in [3.8, 4) is 0 Å². The molecule has 0 saturated carbocycles. The van der Waals surface area contributed by atoms with Gasteiger partial charge in [-0.25, -0.2) is 15.0 Å². The molecule has 156 valence electrons. The molecule has 8 heteroatoms. The number of para-hydroxylation sites is 1. The molecular weight excluding hydrogens is 410 g/mol. The number of nitrogens with zero attached hydrogens (tertiary/aromatic N) is 5. The Morgan fingerprint density at radius 1 is 1.06 bits per heavy atom. The summed E-state index contributed by atoms with van der Waals surface area (Å²) in [5.74, 6) is 0.724. The van der Waals surface area contributed by atoms with Crippen LogP contribution in [0.2, 0.25) is 5.02 Å². The Kier molecular flexibility index (Phi) is 5.18. The molecule has 0 fully saturated rings. The highest BCUT2D eigenvalue weighted by molar-refractivity contribution is 6.33. The minimum Gasteiger partial charge on any atom is -0.385 e. The van der Waals surface area contributed by atoms with E-state index in [1.54, 1.807) is 6.20 Å². The third kappa shape index (κ3) is 3.92. The number of hydrogen-bond acceptors (Lipinski definition) is 5. The van der Waals surface area contributed by atoms with Gasteiger partial charge in [-0.1, -0.05) is 23.7 Å². The van der Waals surface area contributed by atoms with Crippen molar-refractivity contribution in [3.05, 3.63) is 78.2 Å². The number of fused-ring (bicyclic) bond motifs is 3. The van der Waals surface area contributed by atoms with E-state index >= 15 is 0 Å². The van der Waals surface area contributed by atoms with Gasteiger partial charge in [0.1, 0.15) is 5.52 Å². The number of aromatic nitrogens is 5. The number of imidazole rings is 2. The van der Waals surface area contributed by atoms with Crippen LogP contribution in [-0.2, 0) is 6.54 Å². The molecule has 5 aromatic rings. The molecule has 0 saturated heterocycles. The van der Waals surface area contributed by atoms with E-state index in [2.05, 4.69) is 37.3 Å². The average Bonchev–Trinajstić information content (AvgIpc) is 3.46. The van der Waals surface area contributed by atoms with Gasteiger partial charge in [-0.2, -0.15) is 0 Å². The molecule has 0 bridgehead atoms. The zero-order valence-electron chi connectivity index (χ0n) is 17.1. The quantitative estimate of drug-likeness (QED) is 0.343. The van der Waals surface area contributed by atoms with Crippen LogP contribution in [0.3, 0.4) is 0 Å². The van der Waals surface area contributed by atoms with Crippen LogP contribution < -0.4 is 10.6 Å². The first-order chi connectivity index (χ1) is 15.2. The summed E-state index contributed by atoms with van der Waals surface area (Å²) in [4.78, 5) is 13.3. The van der Waals surface area contributed by atoms with Crippen molar-refractivity contribution in [1.29, 1.82) is 0 Å². The van der Waals surface area contributed by atoms with Crippen LogP contribution in [0.1, 0.15) is 12.0 Å². The molecule has 0 unspecified atom stereocenters. The highest BCUT2D eigenvalue weighted by Crippen LogP contribution is 2.31. The normalized spacial score (nSPS) is 11.3. The molecule has 2 aromatic carbocycles. The Bertz CT molecular complexity index is 1320. The number of halogens is 1. The highest BCUT2D eigenvalue weighted by atomic mass is 35.5. The molecule has 2 N–H and O–H groups in total. The van der Waals surface area contributed by atoms with Crippen molar-refractivity contribution in [1.82, 2.24) is 23.9 Å². The number of rotatable bonds is 7. The van der Waals surface area contributed by atoms with Gasteiger partial charge in [0.15, 0.2) is 5.82 Å². The van der Waals surface area contributed by atoms with Crippen molar-refractivity contribution in [2.24, 2.45) is 0 Å². The standard InChI is InChI=1S/C23H22ClN7/c1-16-4-2-5-18(24)22(16)29-23-21-13-26-15-31(21)20-12-17(6-7-19(20)28-23)27-8-3-10-30-11-9-25-14-30/h2,4-7,9,11-15,27H,3,8,10H2,1H3,(H,28,29). The maximum absolute atomic E-state index is 6.41. The zero-order chi connectivity index (χ0) is 21.2. The van der Waals surface area contributed by atoms with E-state index in [-0.39, 0.29) is 0 Å². The molecule has 0 aliphatic carbocycles. The Labute approximate surface area is 184 Å². The van der Waals surface area contributed by atoms with Gasteiger partial charge in [0.25, 0.3) is 0 Å². The number of hydrogen-bond donors (Lipinski definition) is 2. The van der Waals surface area contributed by atoms with Crippen LogP contribution in [-0.4, -0.2) is 30.5 Å². The molecule has 5 rings (SSSR count). The Hall–Kier alpha value is -3.58. The van der Waals surface area contributed by atoms with Crippen molar-refractivity contribution in [2.45, 2.75) is 19.9 Å². The van der Waals surface area contributed by atoms with Crippen molar-refractivity contribution in [2.75, 3.05) is 17.2 Å². The van der Waals surface area contributed by atoms with Crippen molar-refractivity contribution >= 4 is 45.3 Å². The Balaban J connectivity index is 1.41. The molecule has 0 amide bonds. The second-order valence-electron chi connectivity index (χ2n) is 7.45. The minimum atomic E-state index is 0.662. The predicted octanol–water partition coefficient (Wildman–Crippen LogP) is 5.29. The van der Waals surface area contributed by atoms with Crippen LogP contribution in [0.25, 0.3) is 16.6 Å². The molecule has 0 radical (unpaired) electrons. The van der Waals surface area contributed by atoms with Gasteiger partial charge in [-0.15, -0.1) is 0 Å². The summed E-state index contributed by atoms with van der Waals surface area (Å²) in [5, 5.41) is 7.56. The molecule has 0 aliphatic heterocycles. The molecular formula is C23H22ClN7. The lowest BCUT2D eigenvalue weighted by Crippen LogP contribution is -2.06. The van der Waals surface area contributed by atoms with Crippen molar-refractivity contribution in [3.63, 3.8) is 0 Å². The number of anilines is 3. The summed E-state index contributed by atoms with van der Waals surface area (Å²) >= 11 is 6.41. The smallest absolute Gasteiger partial charge is 0.157 e. The summed E-state index contributed by atoms with van der Waals surface area (Å²) in [6.45, 7) is 3.83. The van der Waals surface area contributed by atoms with Gasteiger partial charge in [-0.05, 0) is 43.2 Å². The van der Waals surface area contributed by atoms with Crippen LogP contribution in [0.4, 0.5) is 17.2 Å². The van der Waals surface area contributed by atoms with Gasteiger partial charge >= 0.3 is 0 Å². The van der Waals surface area contributed by atoms with E-state index in [0.29, 0.717) is 5.02 Å².